The molecule has 36 heavy (non-hydrogen) atoms. The van der Waals surface area contributed by atoms with Crippen LogP contribution in [0.15, 0.2) is 36.7 Å². The van der Waals surface area contributed by atoms with Crippen molar-refractivity contribution < 1.29 is 18.9 Å². The van der Waals surface area contributed by atoms with Crippen LogP contribution in [-0.4, -0.2) is 67.2 Å². The quantitative estimate of drug-likeness (QED) is 0.536. The summed E-state index contributed by atoms with van der Waals surface area (Å²) in [4.78, 5) is 16.2. The van der Waals surface area contributed by atoms with Crippen molar-refractivity contribution in [3.63, 3.8) is 0 Å². The molecule has 0 spiro atoms. The third-order valence-corrected chi connectivity index (χ3v) is 6.64. The average Bonchev–Trinajstić information content (AvgIpc) is 2.93. The van der Waals surface area contributed by atoms with Crippen LogP contribution in [0.4, 0.5) is 23.0 Å². The zero-order chi connectivity index (χ0) is 24.3. The maximum atomic E-state index is 5.84. The minimum atomic E-state index is -0.0227. The Hall–Kier alpha value is -3.63. The molecule has 10 heteroatoms. The Balaban J connectivity index is 1.11. The van der Waals surface area contributed by atoms with Crippen LogP contribution in [-0.2, 0) is 22.4 Å². The second-order valence-electron chi connectivity index (χ2n) is 9.09. The second kappa shape index (κ2) is 10.2. The van der Waals surface area contributed by atoms with E-state index in [1.165, 1.54) is 5.56 Å². The normalized spacial score (nSPS) is 18.9. The van der Waals surface area contributed by atoms with Gasteiger partial charge < -0.3 is 34.5 Å². The first-order chi connectivity index (χ1) is 17.7. The fraction of sp³-hybridized carbons (Fsp3) is 0.423. The Morgan fingerprint density at radius 3 is 2.92 bits per heavy atom. The molecule has 0 saturated carbocycles. The Morgan fingerprint density at radius 1 is 1.14 bits per heavy atom. The Morgan fingerprint density at radius 2 is 2.06 bits per heavy atom. The van der Waals surface area contributed by atoms with E-state index in [2.05, 4.69) is 32.4 Å². The molecule has 3 aliphatic heterocycles. The minimum absolute atomic E-state index is 0.0227. The smallest absolute Gasteiger partial charge is 0.237 e. The number of aromatic nitrogens is 3. The van der Waals surface area contributed by atoms with Gasteiger partial charge in [-0.15, -0.1) is 0 Å². The molecule has 2 aromatic heterocycles. The zero-order valence-electron chi connectivity index (χ0n) is 20.3. The van der Waals surface area contributed by atoms with Crippen LogP contribution in [0.25, 0.3) is 0 Å². The fourth-order valence-corrected chi connectivity index (χ4v) is 4.68. The average molecular weight is 491 g/mol. The summed E-state index contributed by atoms with van der Waals surface area (Å²) in [5, 5.41) is 6.74. The largest absolute Gasteiger partial charge is 0.491 e. The number of hydrogen-bond acceptors (Lipinski definition) is 10. The SMILES string of the molecule is Cc1c(N2CCc3cnc(Nc4ccc(OC[C@@H]5COCCO5)cc4)nc3C2)cnc2c1NCCO2. The lowest BCUT2D eigenvalue weighted by Gasteiger charge is -2.32. The van der Waals surface area contributed by atoms with E-state index in [4.69, 9.17) is 23.9 Å². The van der Waals surface area contributed by atoms with Gasteiger partial charge in [-0.05, 0) is 43.2 Å². The molecule has 1 atom stereocenters. The van der Waals surface area contributed by atoms with Crippen LogP contribution >= 0.6 is 0 Å². The number of fused-ring (bicyclic) bond motifs is 2. The van der Waals surface area contributed by atoms with Gasteiger partial charge in [0.1, 0.15) is 30.8 Å². The first-order valence-electron chi connectivity index (χ1n) is 12.4. The minimum Gasteiger partial charge on any atom is -0.491 e. The van der Waals surface area contributed by atoms with Gasteiger partial charge in [0.15, 0.2) is 0 Å². The van der Waals surface area contributed by atoms with Gasteiger partial charge in [0.05, 0.1) is 43.9 Å². The summed E-state index contributed by atoms with van der Waals surface area (Å²) >= 11 is 0. The lowest BCUT2D eigenvalue weighted by Crippen LogP contribution is -2.33. The molecule has 3 aliphatic rings. The Labute approximate surface area is 210 Å². The van der Waals surface area contributed by atoms with E-state index in [0.717, 1.165) is 53.6 Å². The van der Waals surface area contributed by atoms with Gasteiger partial charge in [0, 0.05) is 30.5 Å². The Kier molecular flexibility index (Phi) is 6.44. The summed E-state index contributed by atoms with van der Waals surface area (Å²) in [7, 11) is 0. The molecule has 1 saturated heterocycles. The fourth-order valence-electron chi connectivity index (χ4n) is 4.68. The molecule has 0 aliphatic carbocycles. The van der Waals surface area contributed by atoms with Gasteiger partial charge >= 0.3 is 0 Å². The van der Waals surface area contributed by atoms with Gasteiger partial charge in [-0.2, -0.15) is 0 Å². The summed E-state index contributed by atoms with van der Waals surface area (Å²) in [6, 6.07) is 7.77. The van der Waals surface area contributed by atoms with Crippen molar-refractivity contribution in [2.24, 2.45) is 0 Å². The highest BCUT2D eigenvalue weighted by Gasteiger charge is 2.24. The van der Waals surface area contributed by atoms with Crippen LogP contribution in [0.3, 0.4) is 0 Å². The number of benzene rings is 1. The number of pyridine rings is 1. The molecule has 10 nitrogen and oxygen atoms in total. The van der Waals surface area contributed by atoms with Crippen LogP contribution in [0.5, 0.6) is 11.6 Å². The molecule has 1 fully saturated rings. The molecule has 2 N–H and O–H groups in total. The summed E-state index contributed by atoms with van der Waals surface area (Å²) in [5.74, 6) is 2.04. The summed E-state index contributed by atoms with van der Waals surface area (Å²) < 4.78 is 22.6. The van der Waals surface area contributed by atoms with E-state index in [1.807, 2.05) is 36.7 Å². The van der Waals surface area contributed by atoms with Crippen molar-refractivity contribution in [2.45, 2.75) is 26.0 Å². The molecule has 0 unspecified atom stereocenters. The van der Waals surface area contributed by atoms with Gasteiger partial charge in [-0.3, -0.25) is 0 Å². The molecule has 6 rings (SSSR count). The highest BCUT2D eigenvalue weighted by atomic mass is 16.6. The van der Waals surface area contributed by atoms with Crippen LogP contribution in [0, 0.1) is 6.92 Å². The van der Waals surface area contributed by atoms with E-state index in [0.29, 0.717) is 51.4 Å². The van der Waals surface area contributed by atoms with Gasteiger partial charge in [0.25, 0.3) is 0 Å². The molecule has 188 valence electrons. The third-order valence-electron chi connectivity index (χ3n) is 6.64. The van der Waals surface area contributed by atoms with E-state index in [9.17, 15) is 0 Å². The number of nitrogens with one attached hydrogen (secondary N) is 2. The van der Waals surface area contributed by atoms with Crippen molar-refractivity contribution in [3.8, 4) is 11.6 Å². The standard InChI is InChI=1S/C26H30N6O4/c1-17-23(13-28-25-24(17)27-7-9-35-25)32-8-6-18-12-29-26(31-22(18)14-32)30-19-2-4-20(5-3-19)36-16-21-15-33-10-11-34-21/h2-5,12-13,21,27H,6-11,14-16H2,1H3,(H,29,30,31)/t21-/m0/s1. The number of hydrogen-bond donors (Lipinski definition) is 2. The Bertz CT molecular complexity index is 1220. The number of anilines is 4. The predicted molar refractivity (Wildman–Crippen MR) is 136 cm³/mol. The predicted octanol–water partition coefficient (Wildman–Crippen LogP) is 3.08. The van der Waals surface area contributed by atoms with Gasteiger partial charge in [-0.25, -0.2) is 15.0 Å². The third kappa shape index (κ3) is 4.87. The van der Waals surface area contributed by atoms with E-state index in [1.54, 1.807) is 0 Å². The van der Waals surface area contributed by atoms with Crippen LogP contribution in [0.1, 0.15) is 16.8 Å². The van der Waals surface area contributed by atoms with Gasteiger partial charge in [0.2, 0.25) is 11.8 Å². The molecule has 3 aromatic rings. The second-order valence-corrected chi connectivity index (χ2v) is 9.09. The van der Waals surface area contributed by atoms with Gasteiger partial charge in [-0.1, -0.05) is 0 Å². The van der Waals surface area contributed by atoms with Crippen LogP contribution in [0.2, 0.25) is 0 Å². The maximum absolute atomic E-state index is 5.84. The van der Waals surface area contributed by atoms with Crippen molar-refractivity contribution in [1.29, 1.82) is 0 Å². The summed E-state index contributed by atoms with van der Waals surface area (Å²) in [6.07, 6.45) is 4.70. The van der Waals surface area contributed by atoms with Crippen LogP contribution < -0.4 is 25.0 Å². The monoisotopic (exact) mass is 490 g/mol. The molecule has 1 aromatic carbocycles. The lowest BCUT2D eigenvalue weighted by atomic mass is 10.0. The lowest BCUT2D eigenvalue weighted by molar-refractivity contribution is -0.101. The molecular formula is C26H30N6O4. The van der Waals surface area contributed by atoms with Crippen molar-refractivity contribution >= 4 is 23.0 Å². The molecule has 0 radical (unpaired) electrons. The maximum Gasteiger partial charge on any atom is 0.237 e. The summed E-state index contributed by atoms with van der Waals surface area (Å²) in [6.45, 7) is 7.45. The van der Waals surface area contributed by atoms with Crippen molar-refractivity contribution in [2.75, 3.05) is 61.7 Å². The molecule has 5 heterocycles. The highest BCUT2D eigenvalue weighted by molar-refractivity contribution is 5.70. The number of rotatable bonds is 6. The molecule has 0 bridgehead atoms. The number of ether oxygens (including phenoxy) is 4. The topological polar surface area (TPSA) is 103 Å². The van der Waals surface area contributed by atoms with E-state index >= 15 is 0 Å². The first-order valence-corrected chi connectivity index (χ1v) is 12.4. The molecular weight excluding hydrogens is 460 g/mol. The van der Waals surface area contributed by atoms with E-state index in [-0.39, 0.29) is 6.10 Å². The molecule has 0 amide bonds. The van der Waals surface area contributed by atoms with E-state index < -0.39 is 0 Å². The van der Waals surface area contributed by atoms with Crippen molar-refractivity contribution in [3.05, 3.63) is 53.5 Å². The highest BCUT2D eigenvalue weighted by Crippen LogP contribution is 2.36. The zero-order valence-corrected chi connectivity index (χ0v) is 20.3. The number of nitrogens with zero attached hydrogens (tertiary/aromatic N) is 4. The summed E-state index contributed by atoms with van der Waals surface area (Å²) in [5.41, 5.74) is 6.34. The van der Waals surface area contributed by atoms with Crippen molar-refractivity contribution in [1.82, 2.24) is 15.0 Å². The first kappa shape index (κ1) is 22.8.